The lowest BCUT2D eigenvalue weighted by Gasteiger charge is -2.36. The van der Waals surface area contributed by atoms with Gasteiger partial charge in [0.05, 0.1) is 24.8 Å². The Hall–Kier alpha value is -2.71. The SMILES string of the molecule is COc1nc(-c2n[nH]c3cc(C)c(C4CCOCC4)cc23)cc(N2C[C@@H](C)O[C@@H](C)C2)n1. The van der Waals surface area contributed by atoms with Crippen LogP contribution in [0.5, 0.6) is 6.01 Å². The Kier molecular flexibility index (Phi) is 5.73. The van der Waals surface area contributed by atoms with E-state index in [2.05, 4.69) is 58.0 Å². The van der Waals surface area contributed by atoms with E-state index in [0.717, 1.165) is 67.3 Å². The summed E-state index contributed by atoms with van der Waals surface area (Å²) >= 11 is 0. The number of benzene rings is 1. The third kappa shape index (κ3) is 4.04. The minimum Gasteiger partial charge on any atom is -0.467 e. The van der Waals surface area contributed by atoms with Crippen LogP contribution in [0.2, 0.25) is 0 Å². The van der Waals surface area contributed by atoms with Gasteiger partial charge < -0.3 is 19.1 Å². The second-order valence-electron chi connectivity index (χ2n) is 8.97. The fraction of sp³-hybridized carbons (Fsp3) is 0.542. The van der Waals surface area contributed by atoms with Gasteiger partial charge in [0.1, 0.15) is 17.2 Å². The first kappa shape index (κ1) is 21.2. The van der Waals surface area contributed by atoms with E-state index in [0.29, 0.717) is 11.9 Å². The Bertz CT molecular complexity index is 1100. The number of fused-ring (bicyclic) bond motifs is 1. The molecule has 3 aromatic rings. The molecule has 0 unspecified atom stereocenters. The van der Waals surface area contributed by atoms with Crippen molar-refractivity contribution in [1.82, 2.24) is 20.2 Å². The molecule has 0 aliphatic carbocycles. The lowest BCUT2D eigenvalue weighted by atomic mass is 9.87. The highest BCUT2D eigenvalue weighted by Crippen LogP contribution is 2.35. The number of methoxy groups -OCH3 is 1. The molecule has 2 saturated heterocycles. The lowest BCUT2D eigenvalue weighted by molar-refractivity contribution is -0.00549. The predicted octanol–water partition coefficient (Wildman–Crippen LogP) is 3.84. The van der Waals surface area contributed by atoms with Crippen LogP contribution in [0.15, 0.2) is 18.2 Å². The Labute approximate surface area is 188 Å². The van der Waals surface area contributed by atoms with E-state index in [4.69, 9.17) is 14.2 Å². The van der Waals surface area contributed by atoms with Gasteiger partial charge in [0.15, 0.2) is 0 Å². The van der Waals surface area contributed by atoms with Crippen molar-refractivity contribution in [2.45, 2.75) is 51.7 Å². The monoisotopic (exact) mass is 437 g/mol. The summed E-state index contributed by atoms with van der Waals surface area (Å²) in [6.45, 7) is 9.55. The Morgan fingerprint density at radius 3 is 2.53 bits per heavy atom. The van der Waals surface area contributed by atoms with Crippen molar-refractivity contribution in [2.75, 3.05) is 38.3 Å². The van der Waals surface area contributed by atoms with Gasteiger partial charge in [0, 0.05) is 37.8 Å². The van der Waals surface area contributed by atoms with Crippen molar-refractivity contribution in [3.8, 4) is 17.4 Å². The summed E-state index contributed by atoms with van der Waals surface area (Å²) in [7, 11) is 1.60. The summed E-state index contributed by atoms with van der Waals surface area (Å²) in [5, 5.41) is 8.92. The van der Waals surface area contributed by atoms with Crippen molar-refractivity contribution in [2.24, 2.45) is 0 Å². The maximum atomic E-state index is 5.89. The Morgan fingerprint density at radius 1 is 1.06 bits per heavy atom. The number of aromatic nitrogens is 4. The molecule has 0 spiro atoms. The van der Waals surface area contributed by atoms with Crippen molar-refractivity contribution in [3.63, 3.8) is 0 Å². The van der Waals surface area contributed by atoms with Crippen molar-refractivity contribution in [3.05, 3.63) is 29.3 Å². The van der Waals surface area contributed by atoms with Gasteiger partial charge >= 0.3 is 6.01 Å². The maximum Gasteiger partial charge on any atom is 0.318 e. The van der Waals surface area contributed by atoms with Crippen LogP contribution in [0, 0.1) is 6.92 Å². The van der Waals surface area contributed by atoms with Gasteiger partial charge in [-0.05, 0) is 62.8 Å². The number of ether oxygens (including phenoxy) is 3. The summed E-state index contributed by atoms with van der Waals surface area (Å²) < 4.78 is 16.9. The fourth-order valence-corrected chi connectivity index (χ4v) is 4.99. The minimum atomic E-state index is 0.138. The van der Waals surface area contributed by atoms with Crippen LogP contribution in [0.1, 0.15) is 43.7 Å². The van der Waals surface area contributed by atoms with Crippen LogP contribution in [-0.2, 0) is 9.47 Å². The van der Waals surface area contributed by atoms with Gasteiger partial charge in [-0.2, -0.15) is 15.1 Å². The lowest BCUT2D eigenvalue weighted by Crippen LogP contribution is -2.45. The molecule has 8 nitrogen and oxygen atoms in total. The van der Waals surface area contributed by atoms with Gasteiger partial charge in [0.25, 0.3) is 0 Å². The summed E-state index contributed by atoms with van der Waals surface area (Å²) in [4.78, 5) is 11.5. The van der Waals surface area contributed by atoms with Crippen molar-refractivity contribution < 1.29 is 14.2 Å². The normalized spacial score (nSPS) is 22.4. The number of hydrogen-bond donors (Lipinski definition) is 1. The molecule has 2 atom stereocenters. The Balaban J connectivity index is 1.57. The number of nitrogens with one attached hydrogen (secondary N) is 1. The Morgan fingerprint density at radius 2 is 1.81 bits per heavy atom. The van der Waals surface area contributed by atoms with Gasteiger partial charge in [0.2, 0.25) is 0 Å². The van der Waals surface area contributed by atoms with Gasteiger partial charge in [-0.25, -0.2) is 0 Å². The average Bonchev–Trinajstić information content (AvgIpc) is 3.20. The van der Waals surface area contributed by atoms with Crippen molar-refractivity contribution in [1.29, 1.82) is 0 Å². The highest BCUT2D eigenvalue weighted by Gasteiger charge is 2.25. The van der Waals surface area contributed by atoms with E-state index >= 15 is 0 Å². The number of hydrogen-bond acceptors (Lipinski definition) is 7. The minimum absolute atomic E-state index is 0.138. The first-order valence-corrected chi connectivity index (χ1v) is 11.4. The van der Waals surface area contributed by atoms with Gasteiger partial charge in [-0.15, -0.1) is 0 Å². The van der Waals surface area contributed by atoms with Crippen molar-refractivity contribution >= 4 is 16.7 Å². The average molecular weight is 438 g/mol. The van der Waals surface area contributed by atoms with E-state index < -0.39 is 0 Å². The van der Waals surface area contributed by atoms with E-state index in [9.17, 15) is 0 Å². The summed E-state index contributed by atoms with van der Waals surface area (Å²) in [5.74, 6) is 1.35. The van der Waals surface area contributed by atoms with E-state index in [-0.39, 0.29) is 12.2 Å². The third-order valence-corrected chi connectivity index (χ3v) is 6.47. The molecule has 1 aromatic carbocycles. The van der Waals surface area contributed by atoms with Crippen LogP contribution in [0.3, 0.4) is 0 Å². The molecule has 4 heterocycles. The fourth-order valence-electron chi connectivity index (χ4n) is 4.99. The topological polar surface area (TPSA) is 85.4 Å². The molecule has 0 amide bonds. The molecule has 2 aromatic heterocycles. The second-order valence-corrected chi connectivity index (χ2v) is 8.97. The molecule has 1 N–H and O–H groups in total. The molecule has 2 aliphatic rings. The van der Waals surface area contributed by atoms with Crippen LogP contribution in [0.25, 0.3) is 22.3 Å². The first-order valence-electron chi connectivity index (χ1n) is 11.4. The predicted molar refractivity (Wildman–Crippen MR) is 123 cm³/mol. The number of rotatable bonds is 4. The van der Waals surface area contributed by atoms with Crippen LogP contribution >= 0.6 is 0 Å². The largest absolute Gasteiger partial charge is 0.467 e. The quantitative estimate of drug-likeness (QED) is 0.664. The molecule has 0 bridgehead atoms. The molecular weight excluding hydrogens is 406 g/mol. The van der Waals surface area contributed by atoms with E-state index in [1.807, 2.05) is 6.07 Å². The highest BCUT2D eigenvalue weighted by molar-refractivity contribution is 5.93. The molecule has 5 rings (SSSR count). The summed E-state index contributed by atoms with van der Waals surface area (Å²) in [5.41, 5.74) is 5.26. The van der Waals surface area contributed by atoms with Gasteiger partial charge in [-0.3, -0.25) is 5.10 Å². The number of H-pyrrole nitrogens is 1. The molecule has 2 aliphatic heterocycles. The smallest absolute Gasteiger partial charge is 0.318 e. The zero-order valence-corrected chi connectivity index (χ0v) is 19.2. The maximum absolute atomic E-state index is 5.89. The van der Waals surface area contributed by atoms with Gasteiger partial charge in [-0.1, -0.05) is 0 Å². The standard InChI is InChI=1S/C24H31N5O3/c1-14-9-20-19(10-18(14)17-5-7-31-8-6-17)23(28-27-20)21-11-22(26-24(25-21)30-4)29-12-15(2)32-16(3)13-29/h9-11,15-17H,5-8,12-13H2,1-4H3,(H,27,28)/t15-,16+. The van der Waals surface area contributed by atoms with Crippen LogP contribution in [0.4, 0.5) is 5.82 Å². The molecule has 32 heavy (non-hydrogen) atoms. The molecule has 2 fully saturated rings. The highest BCUT2D eigenvalue weighted by atomic mass is 16.5. The number of aromatic amines is 1. The molecule has 0 saturated carbocycles. The third-order valence-electron chi connectivity index (χ3n) is 6.47. The first-order chi connectivity index (χ1) is 15.5. The second kappa shape index (κ2) is 8.67. The molecule has 0 radical (unpaired) electrons. The summed E-state index contributed by atoms with van der Waals surface area (Å²) in [6.07, 6.45) is 2.38. The van der Waals surface area contributed by atoms with E-state index in [1.54, 1.807) is 7.11 Å². The zero-order chi connectivity index (χ0) is 22.2. The number of anilines is 1. The summed E-state index contributed by atoms with van der Waals surface area (Å²) in [6, 6.07) is 6.84. The number of nitrogens with zero attached hydrogens (tertiary/aromatic N) is 4. The van der Waals surface area contributed by atoms with Crippen LogP contribution < -0.4 is 9.64 Å². The molecule has 170 valence electrons. The zero-order valence-electron chi connectivity index (χ0n) is 19.2. The molecular formula is C24H31N5O3. The van der Waals surface area contributed by atoms with Crippen LogP contribution in [-0.4, -0.2) is 65.8 Å². The van der Waals surface area contributed by atoms with E-state index in [1.165, 1.54) is 11.1 Å². The molecule has 8 heteroatoms. The number of aryl methyl sites for hydroxylation is 1. The number of morpholine rings is 1.